The summed E-state index contributed by atoms with van der Waals surface area (Å²) < 4.78 is 64.6. The molecule has 1 aliphatic heterocycles. The molecule has 118 valence electrons. The zero-order valence-electron chi connectivity index (χ0n) is 11.7. The first-order valence-electron chi connectivity index (χ1n) is 6.50. The molecule has 4 nitrogen and oxygen atoms in total. The molecule has 8 heteroatoms. The maximum Gasteiger partial charge on any atom is 0.416 e. The molecule has 0 bridgehead atoms. The molecular weight excluding hydrogens is 305 g/mol. The number of hydrogen-bond donors (Lipinski definition) is 1. The molecular formula is C13H17F3N2O2S. The van der Waals surface area contributed by atoms with Gasteiger partial charge in [0.2, 0.25) is 10.0 Å². The molecule has 1 aliphatic rings. The van der Waals surface area contributed by atoms with Crippen LogP contribution in [0.2, 0.25) is 0 Å². The molecule has 21 heavy (non-hydrogen) atoms. The maximum atomic E-state index is 12.8. The van der Waals surface area contributed by atoms with Gasteiger partial charge in [-0.25, -0.2) is 8.42 Å². The van der Waals surface area contributed by atoms with E-state index in [0.717, 1.165) is 10.4 Å². The lowest BCUT2D eigenvalue weighted by atomic mass is 10.1. The molecule has 0 aromatic heterocycles. The van der Waals surface area contributed by atoms with Gasteiger partial charge in [0.25, 0.3) is 0 Å². The number of nitrogens with one attached hydrogen (secondary N) is 1. The summed E-state index contributed by atoms with van der Waals surface area (Å²) >= 11 is 0. The van der Waals surface area contributed by atoms with Gasteiger partial charge >= 0.3 is 6.18 Å². The van der Waals surface area contributed by atoms with Crippen molar-refractivity contribution in [2.45, 2.75) is 30.5 Å². The van der Waals surface area contributed by atoms with Crippen LogP contribution in [-0.4, -0.2) is 38.9 Å². The van der Waals surface area contributed by atoms with E-state index in [-0.39, 0.29) is 10.9 Å². The van der Waals surface area contributed by atoms with E-state index in [0.29, 0.717) is 31.1 Å². The number of rotatable bonds is 3. The third-order valence-corrected chi connectivity index (χ3v) is 5.77. The van der Waals surface area contributed by atoms with Crippen LogP contribution in [0.4, 0.5) is 13.2 Å². The maximum absolute atomic E-state index is 12.8. The summed E-state index contributed by atoms with van der Waals surface area (Å²) in [7, 11) is -2.53. The average Bonchev–Trinajstić information content (AvgIpc) is 2.90. The van der Waals surface area contributed by atoms with Crippen molar-refractivity contribution in [2.75, 3.05) is 20.1 Å². The van der Waals surface area contributed by atoms with Crippen LogP contribution >= 0.6 is 0 Å². The number of sulfonamides is 1. The van der Waals surface area contributed by atoms with Crippen molar-refractivity contribution >= 4 is 10.0 Å². The highest BCUT2D eigenvalue weighted by Gasteiger charge is 2.35. The summed E-state index contributed by atoms with van der Waals surface area (Å²) in [6.07, 6.45) is -3.92. The van der Waals surface area contributed by atoms with Crippen molar-refractivity contribution in [3.63, 3.8) is 0 Å². The third kappa shape index (κ3) is 3.22. The summed E-state index contributed by atoms with van der Waals surface area (Å²) in [5.41, 5.74) is -0.648. The first-order chi connectivity index (χ1) is 9.64. The molecule has 0 aliphatic carbocycles. The molecule has 0 saturated carbocycles. The van der Waals surface area contributed by atoms with Crippen molar-refractivity contribution in [3.8, 4) is 0 Å². The van der Waals surface area contributed by atoms with Gasteiger partial charge in [-0.3, -0.25) is 0 Å². The fourth-order valence-corrected chi connectivity index (χ4v) is 3.99. The van der Waals surface area contributed by atoms with Crippen molar-refractivity contribution in [2.24, 2.45) is 0 Å². The molecule has 0 radical (unpaired) electrons. The van der Waals surface area contributed by atoms with Crippen LogP contribution in [-0.2, 0) is 16.2 Å². The molecule has 0 spiro atoms. The van der Waals surface area contributed by atoms with Gasteiger partial charge in [-0.15, -0.1) is 0 Å². The Hall–Kier alpha value is -1.12. The number of nitrogens with zero attached hydrogens (tertiary/aromatic N) is 1. The van der Waals surface area contributed by atoms with E-state index in [1.165, 1.54) is 20.0 Å². The van der Waals surface area contributed by atoms with Gasteiger partial charge in [0.1, 0.15) is 0 Å². The molecule has 1 saturated heterocycles. The zero-order valence-corrected chi connectivity index (χ0v) is 12.6. The Labute approximate surface area is 122 Å². The molecule has 0 amide bonds. The molecule has 2 rings (SSSR count). The molecule has 1 fully saturated rings. The van der Waals surface area contributed by atoms with E-state index in [9.17, 15) is 21.6 Å². The van der Waals surface area contributed by atoms with Crippen LogP contribution < -0.4 is 5.32 Å². The molecule has 1 atom stereocenters. The summed E-state index contributed by atoms with van der Waals surface area (Å²) in [6, 6.07) is 2.56. The van der Waals surface area contributed by atoms with Crippen molar-refractivity contribution in [3.05, 3.63) is 29.3 Å². The lowest BCUT2D eigenvalue weighted by Gasteiger charge is -2.24. The number of likely N-dealkylation sites (N-methyl/N-ethyl adjacent to an activating group) is 1. The summed E-state index contributed by atoms with van der Waals surface area (Å²) in [4.78, 5) is -0.285. The van der Waals surface area contributed by atoms with Gasteiger partial charge in [0.05, 0.1) is 10.5 Å². The standard InChI is InChI=1S/C13H17F3N2O2S/c1-9-3-4-10(13(14,15)16)7-12(9)21(19,20)18(2)11-5-6-17-8-11/h3-4,7,11,17H,5-6,8H2,1-2H3. The fraction of sp³-hybridized carbons (Fsp3) is 0.538. The average molecular weight is 322 g/mol. The summed E-state index contributed by atoms with van der Waals surface area (Å²) in [5.74, 6) is 0. The molecule has 1 aromatic carbocycles. The van der Waals surface area contributed by atoms with Crippen LogP contribution in [0, 0.1) is 6.92 Å². The van der Waals surface area contributed by atoms with Crippen molar-refractivity contribution < 1.29 is 21.6 Å². The number of hydrogen-bond acceptors (Lipinski definition) is 3. The van der Waals surface area contributed by atoms with Gasteiger partial charge in [-0.2, -0.15) is 17.5 Å². The van der Waals surface area contributed by atoms with Crippen molar-refractivity contribution in [1.29, 1.82) is 0 Å². The Morgan fingerprint density at radius 2 is 2.00 bits per heavy atom. The minimum absolute atomic E-state index is 0.232. The highest BCUT2D eigenvalue weighted by Crippen LogP contribution is 2.32. The minimum atomic E-state index is -4.56. The van der Waals surface area contributed by atoms with Gasteiger partial charge in [-0.1, -0.05) is 6.07 Å². The quantitative estimate of drug-likeness (QED) is 0.926. The zero-order chi connectivity index (χ0) is 15.8. The Balaban J connectivity index is 2.44. The van der Waals surface area contributed by atoms with E-state index < -0.39 is 21.8 Å². The monoisotopic (exact) mass is 322 g/mol. The molecule has 1 heterocycles. The summed E-state index contributed by atoms with van der Waals surface area (Å²) in [6.45, 7) is 2.70. The smallest absolute Gasteiger partial charge is 0.315 e. The second-order valence-electron chi connectivity index (χ2n) is 5.15. The number of benzene rings is 1. The second-order valence-corrected chi connectivity index (χ2v) is 7.11. The lowest BCUT2D eigenvalue weighted by Crippen LogP contribution is -2.38. The van der Waals surface area contributed by atoms with E-state index in [4.69, 9.17) is 0 Å². The number of halogens is 3. The van der Waals surface area contributed by atoms with Gasteiger partial charge in [-0.05, 0) is 37.6 Å². The SMILES string of the molecule is Cc1ccc(C(F)(F)F)cc1S(=O)(=O)N(C)C1CCNC1. The van der Waals surface area contributed by atoms with Gasteiger partial charge < -0.3 is 5.32 Å². The topological polar surface area (TPSA) is 49.4 Å². The van der Waals surface area contributed by atoms with Crippen LogP contribution in [0.1, 0.15) is 17.5 Å². The second kappa shape index (κ2) is 5.58. The molecule has 1 aromatic rings. The van der Waals surface area contributed by atoms with E-state index in [2.05, 4.69) is 5.32 Å². The third-order valence-electron chi connectivity index (χ3n) is 3.72. The largest absolute Gasteiger partial charge is 0.416 e. The number of alkyl halides is 3. The van der Waals surface area contributed by atoms with Crippen LogP contribution in [0.5, 0.6) is 0 Å². The van der Waals surface area contributed by atoms with Crippen LogP contribution in [0.25, 0.3) is 0 Å². The normalized spacial score (nSPS) is 20.2. The predicted octanol–water partition coefficient (Wildman–Crippen LogP) is 2.00. The number of aryl methyl sites for hydroxylation is 1. The Morgan fingerprint density at radius 1 is 1.33 bits per heavy atom. The first-order valence-corrected chi connectivity index (χ1v) is 7.94. The Morgan fingerprint density at radius 3 is 2.52 bits per heavy atom. The van der Waals surface area contributed by atoms with Gasteiger partial charge in [0.15, 0.2) is 0 Å². The Kier molecular flexibility index (Phi) is 4.32. The van der Waals surface area contributed by atoms with Crippen molar-refractivity contribution in [1.82, 2.24) is 9.62 Å². The Bertz CT molecular complexity index is 623. The predicted molar refractivity (Wildman–Crippen MR) is 72.4 cm³/mol. The first kappa shape index (κ1) is 16.3. The van der Waals surface area contributed by atoms with E-state index >= 15 is 0 Å². The highest BCUT2D eigenvalue weighted by molar-refractivity contribution is 7.89. The molecule has 1 N–H and O–H groups in total. The van der Waals surface area contributed by atoms with E-state index in [1.807, 2.05) is 0 Å². The van der Waals surface area contributed by atoms with E-state index in [1.54, 1.807) is 0 Å². The van der Waals surface area contributed by atoms with Gasteiger partial charge in [0, 0.05) is 19.6 Å². The lowest BCUT2D eigenvalue weighted by molar-refractivity contribution is -0.137. The van der Waals surface area contributed by atoms with Crippen LogP contribution in [0.15, 0.2) is 23.1 Å². The molecule has 1 unspecified atom stereocenters. The highest BCUT2D eigenvalue weighted by atomic mass is 32.2. The fourth-order valence-electron chi connectivity index (χ4n) is 2.36. The summed E-state index contributed by atoms with van der Waals surface area (Å²) in [5, 5.41) is 3.04. The minimum Gasteiger partial charge on any atom is -0.315 e. The van der Waals surface area contributed by atoms with Crippen LogP contribution in [0.3, 0.4) is 0 Å².